The zero-order valence-electron chi connectivity index (χ0n) is 14.4. The Balaban J connectivity index is 1.66. The lowest BCUT2D eigenvalue weighted by Crippen LogP contribution is -2.38. The number of amides is 2. The van der Waals surface area contributed by atoms with Crippen molar-refractivity contribution in [2.24, 2.45) is 0 Å². The minimum atomic E-state index is -0.274. The molecule has 4 rings (SSSR count). The molecule has 1 N–H and O–H groups in total. The first-order chi connectivity index (χ1) is 12.7. The Hall–Kier alpha value is -3.08. The lowest BCUT2D eigenvalue weighted by Gasteiger charge is -2.31. The largest absolute Gasteiger partial charge is 0.488 e. The van der Waals surface area contributed by atoms with Crippen LogP contribution in [0.4, 0.5) is 0 Å². The second-order valence-corrected chi connectivity index (χ2v) is 6.48. The highest BCUT2D eigenvalue weighted by molar-refractivity contribution is 5.99. The van der Waals surface area contributed by atoms with E-state index in [0.29, 0.717) is 18.7 Å². The number of para-hydroxylation sites is 1. The van der Waals surface area contributed by atoms with Gasteiger partial charge in [-0.15, -0.1) is 0 Å². The van der Waals surface area contributed by atoms with Gasteiger partial charge in [-0.1, -0.05) is 48.5 Å². The van der Waals surface area contributed by atoms with Crippen molar-refractivity contribution in [3.63, 3.8) is 0 Å². The number of carbonyl (C=O) groups excluding carboxylic acids is 2. The number of benzene rings is 2. The molecular formula is C21H20N2O3. The molecular weight excluding hydrogens is 328 g/mol. The highest BCUT2D eigenvalue weighted by Gasteiger charge is 2.32. The molecule has 26 heavy (non-hydrogen) atoms. The molecule has 132 valence electrons. The molecule has 2 aromatic carbocycles. The van der Waals surface area contributed by atoms with Gasteiger partial charge in [0.25, 0.3) is 5.91 Å². The molecule has 2 aromatic rings. The standard InChI is InChI=1S/C21H20N2O3/c24-20-13-18(15-6-2-1-3-7-15)23(11-10-22-20)21(25)17-12-16-8-4-5-9-19(16)26-14-17/h1-9,12,18H,10-11,13-14H2,(H,22,24). The minimum absolute atomic E-state index is 0.0339. The van der Waals surface area contributed by atoms with Gasteiger partial charge in [-0.2, -0.15) is 0 Å². The van der Waals surface area contributed by atoms with Gasteiger partial charge in [-0.3, -0.25) is 9.59 Å². The van der Waals surface area contributed by atoms with Crippen LogP contribution in [0, 0.1) is 0 Å². The zero-order chi connectivity index (χ0) is 17.9. The summed E-state index contributed by atoms with van der Waals surface area (Å²) in [6, 6.07) is 17.1. The monoisotopic (exact) mass is 348 g/mol. The predicted molar refractivity (Wildman–Crippen MR) is 98.4 cm³/mol. The Morgan fingerprint density at radius 2 is 1.85 bits per heavy atom. The van der Waals surface area contributed by atoms with E-state index in [1.54, 1.807) is 4.90 Å². The lowest BCUT2D eigenvalue weighted by atomic mass is 10.00. The summed E-state index contributed by atoms with van der Waals surface area (Å²) in [7, 11) is 0. The quantitative estimate of drug-likeness (QED) is 0.907. The van der Waals surface area contributed by atoms with Crippen LogP contribution in [-0.4, -0.2) is 36.4 Å². The number of hydrogen-bond donors (Lipinski definition) is 1. The van der Waals surface area contributed by atoms with Gasteiger partial charge in [-0.05, 0) is 17.7 Å². The van der Waals surface area contributed by atoms with Crippen molar-refractivity contribution in [3.8, 4) is 5.75 Å². The van der Waals surface area contributed by atoms with Crippen LogP contribution in [-0.2, 0) is 9.59 Å². The molecule has 0 saturated carbocycles. The normalized spacial score (nSPS) is 19.5. The highest BCUT2D eigenvalue weighted by atomic mass is 16.5. The molecule has 1 unspecified atom stereocenters. The maximum Gasteiger partial charge on any atom is 0.253 e. The Morgan fingerprint density at radius 1 is 1.08 bits per heavy atom. The Labute approximate surface area is 152 Å². The molecule has 1 atom stereocenters. The van der Waals surface area contributed by atoms with Crippen molar-refractivity contribution in [1.82, 2.24) is 10.2 Å². The summed E-state index contributed by atoms with van der Waals surface area (Å²) < 4.78 is 5.74. The van der Waals surface area contributed by atoms with Gasteiger partial charge < -0.3 is 15.0 Å². The summed E-state index contributed by atoms with van der Waals surface area (Å²) in [6.45, 7) is 1.18. The number of carbonyl (C=O) groups is 2. The molecule has 5 heteroatoms. The summed E-state index contributed by atoms with van der Waals surface area (Å²) >= 11 is 0. The van der Waals surface area contributed by atoms with E-state index in [9.17, 15) is 9.59 Å². The van der Waals surface area contributed by atoms with Crippen molar-refractivity contribution >= 4 is 17.9 Å². The van der Waals surface area contributed by atoms with Crippen LogP contribution < -0.4 is 10.1 Å². The van der Waals surface area contributed by atoms with Crippen molar-refractivity contribution < 1.29 is 14.3 Å². The van der Waals surface area contributed by atoms with Crippen molar-refractivity contribution in [1.29, 1.82) is 0 Å². The van der Waals surface area contributed by atoms with Crippen LogP contribution in [0.3, 0.4) is 0 Å². The third kappa shape index (κ3) is 3.20. The second kappa shape index (κ2) is 7.04. The Morgan fingerprint density at radius 3 is 2.69 bits per heavy atom. The van der Waals surface area contributed by atoms with Crippen LogP contribution in [0.5, 0.6) is 5.75 Å². The average Bonchev–Trinajstić information content (AvgIpc) is 2.89. The van der Waals surface area contributed by atoms with Crippen LogP contribution >= 0.6 is 0 Å². The van der Waals surface area contributed by atoms with E-state index in [2.05, 4.69) is 5.32 Å². The zero-order valence-corrected chi connectivity index (χ0v) is 14.4. The molecule has 2 amide bonds. The Kier molecular flexibility index (Phi) is 4.44. The molecule has 5 nitrogen and oxygen atoms in total. The second-order valence-electron chi connectivity index (χ2n) is 6.48. The molecule has 0 radical (unpaired) electrons. The first-order valence-electron chi connectivity index (χ1n) is 8.77. The molecule has 1 saturated heterocycles. The van der Waals surface area contributed by atoms with Crippen LogP contribution in [0.1, 0.15) is 23.6 Å². The van der Waals surface area contributed by atoms with Gasteiger partial charge in [0.2, 0.25) is 5.91 Å². The Bertz CT molecular complexity index is 861. The lowest BCUT2D eigenvalue weighted by molar-refractivity contribution is -0.130. The molecule has 2 heterocycles. The van der Waals surface area contributed by atoms with E-state index in [1.165, 1.54) is 0 Å². The number of hydrogen-bond acceptors (Lipinski definition) is 3. The topological polar surface area (TPSA) is 58.6 Å². The number of fused-ring (bicyclic) bond motifs is 1. The number of nitrogens with zero attached hydrogens (tertiary/aromatic N) is 1. The van der Waals surface area contributed by atoms with Gasteiger partial charge >= 0.3 is 0 Å². The van der Waals surface area contributed by atoms with E-state index in [1.807, 2.05) is 60.7 Å². The number of nitrogens with one attached hydrogen (secondary N) is 1. The molecule has 0 aliphatic carbocycles. The fourth-order valence-corrected chi connectivity index (χ4v) is 3.47. The first kappa shape index (κ1) is 16.4. The molecule has 2 aliphatic heterocycles. The molecule has 1 fully saturated rings. The summed E-state index contributed by atoms with van der Waals surface area (Å²) in [5, 5.41) is 2.86. The maximum atomic E-state index is 13.2. The van der Waals surface area contributed by atoms with E-state index < -0.39 is 0 Å². The highest BCUT2D eigenvalue weighted by Crippen LogP contribution is 2.30. The van der Waals surface area contributed by atoms with Gasteiger partial charge in [0.1, 0.15) is 12.4 Å². The van der Waals surface area contributed by atoms with Gasteiger partial charge in [0.05, 0.1) is 18.0 Å². The summed E-state index contributed by atoms with van der Waals surface area (Å²) in [5.74, 6) is 0.676. The summed E-state index contributed by atoms with van der Waals surface area (Å²) in [5.41, 5.74) is 2.48. The van der Waals surface area contributed by atoms with Gasteiger partial charge in [0.15, 0.2) is 0 Å². The third-order valence-corrected chi connectivity index (χ3v) is 4.78. The van der Waals surface area contributed by atoms with Crippen molar-refractivity contribution in [2.75, 3.05) is 19.7 Å². The van der Waals surface area contributed by atoms with E-state index in [0.717, 1.165) is 16.9 Å². The van der Waals surface area contributed by atoms with Crippen LogP contribution in [0.15, 0.2) is 60.2 Å². The van der Waals surface area contributed by atoms with Crippen LogP contribution in [0.25, 0.3) is 6.08 Å². The van der Waals surface area contributed by atoms with Gasteiger partial charge in [-0.25, -0.2) is 0 Å². The van der Waals surface area contributed by atoms with Crippen LogP contribution in [0.2, 0.25) is 0 Å². The van der Waals surface area contributed by atoms with E-state index >= 15 is 0 Å². The van der Waals surface area contributed by atoms with Crippen molar-refractivity contribution in [2.45, 2.75) is 12.5 Å². The molecule has 2 aliphatic rings. The SMILES string of the molecule is O=C1CC(c2ccccc2)N(C(=O)C2=Cc3ccccc3OC2)CCN1. The van der Waals surface area contributed by atoms with Gasteiger partial charge in [0, 0.05) is 18.7 Å². The number of rotatable bonds is 2. The van der Waals surface area contributed by atoms with Crippen molar-refractivity contribution in [3.05, 3.63) is 71.3 Å². The minimum Gasteiger partial charge on any atom is -0.488 e. The van der Waals surface area contributed by atoms with E-state index in [4.69, 9.17) is 4.74 Å². The maximum absolute atomic E-state index is 13.2. The smallest absolute Gasteiger partial charge is 0.253 e. The molecule has 0 spiro atoms. The first-order valence-corrected chi connectivity index (χ1v) is 8.77. The average molecular weight is 348 g/mol. The number of ether oxygens (including phenoxy) is 1. The predicted octanol–water partition coefficient (Wildman–Crippen LogP) is 2.55. The summed E-state index contributed by atoms with van der Waals surface area (Å²) in [4.78, 5) is 27.1. The van der Waals surface area contributed by atoms with E-state index in [-0.39, 0.29) is 30.9 Å². The summed E-state index contributed by atoms with van der Waals surface area (Å²) in [6.07, 6.45) is 2.16. The fraction of sp³-hybridized carbons (Fsp3) is 0.238. The fourth-order valence-electron chi connectivity index (χ4n) is 3.47. The third-order valence-electron chi connectivity index (χ3n) is 4.78. The molecule has 0 aromatic heterocycles. The molecule has 0 bridgehead atoms.